The van der Waals surface area contributed by atoms with Gasteiger partial charge >= 0.3 is 0 Å². The fourth-order valence-corrected chi connectivity index (χ4v) is 2.08. The number of anilines is 2. The maximum Gasteiger partial charge on any atom is 0.212 e. The molecule has 0 spiro atoms. The minimum Gasteiger partial charge on any atom is -0.772 e. The van der Waals surface area contributed by atoms with Crippen LogP contribution in [0.25, 0.3) is 0 Å². The lowest BCUT2D eigenvalue weighted by atomic mass is 10.7. The molecule has 0 aliphatic rings. The highest BCUT2D eigenvalue weighted by Gasteiger charge is 2.06. The first-order valence-corrected chi connectivity index (χ1v) is 5.20. The van der Waals surface area contributed by atoms with Crippen molar-refractivity contribution in [3.8, 4) is 0 Å². The molecule has 1 aromatic heterocycles. The van der Waals surface area contributed by atoms with Crippen molar-refractivity contribution in [3.05, 3.63) is 5.01 Å². The molecule has 1 amide bonds. The third-order valence-corrected chi connectivity index (χ3v) is 2.71. The van der Waals surface area contributed by atoms with Crippen molar-refractivity contribution < 1.29 is 13.6 Å². The number of carbonyl (C=O) groups excluding carboxylic acids is 1. The number of hydrogen-bond donors (Lipinski definition) is 2. The van der Waals surface area contributed by atoms with Crippen molar-refractivity contribution in [2.24, 2.45) is 0 Å². The van der Waals surface area contributed by atoms with E-state index >= 15 is 0 Å². The Hall–Kier alpha value is -0.990. The van der Waals surface area contributed by atoms with E-state index in [0.717, 1.165) is 11.3 Å². The molecule has 0 fully saturated rings. The predicted molar refractivity (Wildman–Crippen MR) is 48.8 cm³/mol. The monoisotopic (exact) mass is 220 g/mol. The van der Waals surface area contributed by atoms with E-state index in [1.807, 2.05) is 0 Å². The molecule has 8 heteroatoms. The summed E-state index contributed by atoms with van der Waals surface area (Å²) in [4.78, 5) is 13.8. The second kappa shape index (κ2) is 4.30. The number of aromatic nitrogens is 1. The van der Waals surface area contributed by atoms with E-state index in [0.29, 0.717) is 16.4 Å². The van der Waals surface area contributed by atoms with Crippen molar-refractivity contribution >= 4 is 39.6 Å². The molecular weight excluding hydrogens is 214 g/mol. The van der Waals surface area contributed by atoms with E-state index < -0.39 is 11.1 Å². The molecule has 1 unspecified atom stereocenters. The predicted octanol–water partition coefficient (Wildman–Crippen LogP) is -0.327. The van der Waals surface area contributed by atoms with Gasteiger partial charge in [-0.05, 0) is 11.1 Å². The molecule has 1 atom stereocenters. The zero-order valence-electron chi connectivity index (χ0n) is 6.35. The van der Waals surface area contributed by atoms with Crippen molar-refractivity contribution in [3.63, 3.8) is 0 Å². The quantitative estimate of drug-likeness (QED) is 0.533. The molecule has 0 saturated carbocycles. The lowest BCUT2D eigenvalue weighted by Crippen LogP contribution is -1.98. The fraction of sp³-hybridized carbons (Fsp3) is 0.200. The smallest absolute Gasteiger partial charge is 0.212 e. The topological polar surface area (TPSA) is 108 Å². The first-order valence-electron chi connectivity index (χ1n) is 3.14. The van der Waals surface area contributed by atoms with Gasteiger partial charge in [-0.2, -0.15) is 0 Å². The van der Waals surface area contributed by atoms with Crippen LogP contribution in [-0.4, -0.2) is 20.2 Å². The van der Waals surface area contributed by atoms with Gasteiger partial charge in [0.05, 0.1) is 5.75 Å². The minimum atomic E-state index is -2.19. The summed E-state index contributed by atoms with van der Waals surface area (Å²) in [5, 5.41) is 2.92. The van der Waals surface area contributed by atoms with Crippen LogP contribution in [0.2, 0.25) is 0 Å². The molecule has 0 aliphatic heterocycles. The van der Waals surface area contributed by atoms with Crippen molar-refractivity contribution in [1.82, 2.24) is 4.98 Å². The Bertz CT molecular complexity index is 338. The van der Waals surface area contributed by atoms with E-state index in [-0.39, 0.29) is 11.6 Å². The van der Waals surface area contributed by atoms with Gasteiger partial charge in [0.25, 0.3) is 0 Å². The summed E-state index contributed by atoms with van der Waals surface area (Å²) < 4.78 is 20.6. The molecule has 1 heterocycles. The lowest BCUT2D eigenvalue weighted by Gasteiger charge is -1.98. The first-order chi connectivity index (χ1) is 6.13. The Morgan fingerprint density at radius 3 is 3.00 bits per heavy atom. The molecule has 0 radical (unpaired) electrons. The van der Waals surface area contributed by atoms with Gasteiger partial charge in [0.2, 0.25) is 6.41 Å². The van der Waals surface area contributed by atoms with Gasteiger partial charge in [-0.1, -0.05) is 11.3 Å². The van der Waals surface area contributed by atoms with E-state index in [9.17, 15) is 13.6 Å². The third kappa shape index (κ3) is 2.76. The third-order valence-electron chi connectivity index (χ3n) is 1.13. The van der Waals surface area contributed by atoms with Crippen LogP contribution >= 0.6 is 11.3 Å². The minimum absolute atomic E-state index is 0.185. The second-order valence-corrected chi connectivity index (χ2v) is 4.04. The van der Waals surface area contributed by atoms with Crippen LogP contribution in [0.3, 0.4) is 0 Å². The van der Waals surface area contributed by atoms with Gasteiger partial charge in [0.15, 0.2) is 5.82 Å². The summed E-state index contributed by atoms with van der Waals surface area (Å²) in [6.45, 7) is 0. The Kier molecular flexibility index (Phi) is 3.34. The Labute approximate surface area is 80.5 Å². The number of nitrogens with one attached hydrogen (secondary N) is 1. The highest BCUT2D eigenvalue weighted by atomic mass is 32.2. The van der Waals surface area contributed by atoms with Gasteiger partial charge in [-0.25, -0.2) is 4.98 Å². The summed E-state index contributed by atoms with van der Waals surface area (Å²) in [6, 6.07) is 0. The first kappa shape index (κ1) is 10.1. The van der Waals surface area contributed by atoms with Gasteiger partial charge in [0.1, 0.15) is 10.0 Å². The molecule has 0 saturated heterocycles. The normalized spacial score (nSPS) is 12.4. The molecule has 0 bridgehead atoms. The van der Waals surface area contributed by atoms with Gasteiger partial charge in [0, 0.05) is 0 Å². The summed E-state index contributed by atoms with van der Waals surface area (Å²) in [6.07, 6.45) is 0.434. The molecule has 1 rings (SSSR count). The largest absolute Gasteiger partial charge is 0.772 e. The Balaban J connectivity index is 2.81. The summed E-state index contributed by atoms with van der Waals surface area (Å²) in [5.41, 5.74) is 5.44. The number of carbonyl (C=O) groups is 1. The zero-order valence-corrected chi connectivity index (χ0v) is 7.98. The number of hydrogen-bond acceptors (Lipinski definition) is 6. The molecule has 1 aromatic rings. The van der Waals surface area contributed by atoms with Gasteiger partial charge < -0.3 is 15.6 Å². The maximum absolute atomic E-state index is 10.3. The highest BCUT2D eigenvalue weighted by molar-refractivity contribution is 7.78. The SMILES string of the molecule is Nc1sc(CS(=O)[O-])nc1NC=O. The number of nitrogens with two attached hydrogens (primary N) is 1. The van der Waals surface area contributed by atoms with E-state index in [1.54, 1.807) is 0 Å². The fourth-order valence-electron chi connectivity index (χ4n) is 0.700. The molecule has 0 aliphatic carbocycles. The van der Waals surface area contributed by atoms with Crippen LogP contribution in [0, 0.1) is 0 Å². The number of rotatable bonds is 4. The molecule has 72 valence electrons. The Morgan fingerprint density at radius 2 is 2.46 bits per heavy atom. The van der Waals surface area contributed by atoms with Gasteiger partial charge in [-0.3, -0.25) is 9.00 Å². The number of thiazole rings is 1. The average molecular weight is 220 g/mol. The van der Waals surface area contributed by atoms with Crippen molar-refractivity contribution in [2.45, 2.75) is 5.75 Å². The van der Waals surface area contributed by atoms with Crippen LogP contribution in [0.15, 0.2) is 0 Å². The molecule has 0 aromatic carbocycles. The van der Waals surface area contributed by atoms with E-state index in [2.05, 4.69) is 10.3 Å². The van der Waals surface area contributed by atoms with Crippen molar-refractivity contribution in [1.29, 1.82) is 0 Å². The lowest BCUT2D eigenvalue weighted by molar-refractivity contribution is -0.105. The summed E-state index contributed by atoms with van der Waals surface area (Å²) in [5.74, 6) is 0.0236. The summed E-state index contributed by atoms with van der Waals surface area (Å²) >= 11 is -1.15. The van der Waals surface area contributed by atoms with Crippen LogP contribution in [0.5, 0.6) is 0 Å². The maximum atomic E-state index is 10.3. The van der Waals surface area contributed by atoms with E-state index in [1.165, 1.54) is 0 Å². The number of nitrogen functional groups attached to an aromatic ring is 1. The van der Waals surface area contributed by atoms with Crippen LogP contribution < -0.4 is 11.1 Å². The second-order valence-electron chi connectivity index (χ2n) is 2.03. The molecule has 13 heavy (non-hydrogen) atoms. The molecule has 3 N–H and O–H groups in total. The summed E-state index contributed by atoms with van der Waals surface area (Å²) in [7, 11) is 0. The van der Waals surface area contributed by atoms with Crippen molar-refractivity contribution in [2.75, 3.05) is 11.1 Å². The number of nitrogens with zero attached hydrogens (tertiary/aromatic N) is 1. The number of amides is 1. The molecule has 6 nitrogen and oxygen atoms in total. The molecular formula is C5H6N3O3S2-. The standard InChI is InChI=1S/C5H7N3O3S2/c6-4-5(7-2-9)8-3(12-4)1-13(10)11/h2H,1,6H2,(H,7,9)(H,10,11)/p-1. The Morgan fingerprint density at radius 1 is 1.77 bits per heavy atom. The highest BCUT2D eigenvalue weighted by Crippen LogP contribution is 2.25. The van der Waals surface area contributed by atoms with Crippen LogP contribution in [-0.2, 0) is 21.6 Å². The zero-order chi connectivity index (χ0) is 9.84. The average Bonchev–Trinajstić information content (AvgIpc) is 2.31. The van der Waals surface area contributed by atoms with Gasteiger partial charge in [-0.15, -0.1) is 0 Å². The van der Waals surface area contributed by atoms with E-state index in [4.69, 9.17) is 5.73 Å². The van der Waals surface area contributed by atoms with Crippen LogP contribution in [0.1, 0.15) is 5.01 Å². The van der Waals surface area contributed by atoms with Crippen LogP contribution in [0.4, 0.5) is 10.8 Å².